The molecule has 0 bridgehead atoms. The molecule has 2 aromatic rings. The SMILES string of the molecule is N[C@@H](CC(=O)N1CCCn2c(C(F)(F)F)cnc2C1)Cc1cc(F)ccc1F. The topological polar surface area (TPSA) is 64.2 Å². The zero-order valence-electron chi connectivity index (χ0n) is 14.8. The summed E-state index contributed by atoms with van der Waals surface area (Å²) in [5.74, 6) is -1.42. The number of carbonyl (C=O) groups is 1. The van der Waals surface area contributed by atoms with E-state index in [1.165, 1.54) is 4.90 Å². The van der Waals surface area contributed by atoms with E-state index in [1.54, 1.807) is 0 Å². The van der Waals surface area contributed by atoms with Crippen molar-refractivity contribution in [3.05, 3.63) is 53.1 Å². The highest BCUT2D eigenvalue weighted by Crippen LogP contribution is 2.31. The summed E-state index contributed by atoms with van der Waals surface area (Å²) in [6.45, 7) is 0.311. The molecule has 1 aliphatic rings. The Bertz CT molecular complexity index is 864. The molecule has 1 aromatic heterocycles. The van der Waals surface area contributed by atoms with Crippen LogP contribution in [0.15, 0.2) is 24.4 Å². The Labute approximate surface area is 157 Å². The monoisotopic (exact) mass is 402 g/mol. The molecule has 152 valence electrons. The minimum absolute atomic E-state index is 0.0317. The van der Waals surface area contributed by atoms with Crippen molar-refractivity contribution in [2.75, 3.05) is 6.54 Å². The van der Waals surface area contributed by atoms with E-state index in [9.17, 15) is 26.7 Å². The van der Waals surface area contributed by atoms with Gasteiger partial charge < -0.3 is 15.2 Å². The van der Waals surface area contributed by atoms with E-state index in [4.69, 9.17) is 5.73 Å². The summed E-state index contributed by atoms with van der Waals surface area (Å²) in [4.78, 5) is 17.7. The van der Waals surface area contributed by atoms with E-state index < -0.39 is 29.5 Å². The van der Waals surface area contributed by atoms with Gasteiger partial charge in [0, 0.05) is 25.6 Å². The molecule has 0 spiro atoms. The van der Waals surface area contributed by atoms with Gasteiger partial charge in [-0.2, -0.15) is 13.2 Å². The summed E-state index contributed by atoms with van der Waals surface area (Å²) >= 11 is 0. The largest absolute Gasteiger partial charge is 0.433 e. The van der Waals surface area contributed by atoms with Crippen molar-refractivity contribution >= 4 is 5.91 Å². The zero-order chi connectivity index (χ0) is 20.5. The Kier molecular flexibility index (Phi) is 5.69. The second-order valence-electron chi connectivity index (χ2n) is 6.78. The minimum Gasteiger partial charge on any atom is -0.335 e. The van der Waals surface area contributed by atoms with Crippen molar-refractivity contribution in [2.24, 2.45) is 5.73 Å². The molecule has 0 saturated heterocycles. The van der Waals surface area contributed by atoms with Gasteiger partial charge in [0.05, 0.1) is 12.7 Å². The average Bonchev–Trinajstić information content (AvgIpc) is 2.89. The van der Waals surface area contributed by atoms with Crippen LogP contribution >= 0.6 is 0 Å². The van der Waals surface area contributed by atoms with E-state index in [0.29, 0.717) is 6.42 Å². The van der Waals surface area contributed by atoms with Crippen LogP contribution in [0.3, 0.4) is 0 Å². The third-order valence-corrected chi connectivity index (χ3v) is 4.65. The minimum atomic E-state index is -4.51. The van der Waals surface area contributed by atoms with Crippen molar-refractivity contribution < 1.29 is 26.7 Å². The van der Waals surface area contributed by atoms with Crippen LogP contribution < -0.4 is 5.73 Å². The molecule has 1 amide bonds. The summed E-state index contributed by atoms with van der Waals surface area (Å²) in [6.07, 6.45) is -3.58. The molecule has 0 radical (unpaired) electrons. The van der Waals surface area contributed by atoms with Crippen LogP contribution in [-0.2, 0) is 30.5 Å². The predicted molar refractivity (Wildman–Crippen MR) is 89.9 cm³/mol. The summed E-state index contributed by atoms with van der Waals surface area (Å²) in [5.41, 5.74) is 5.15. The van der Waals surface area contributed by atoms with Crippen molar-refractivity contribution in [2.45, 2.75) is 44.6 Å². The Morgan fingerprint density at radius 3 is 2.71 bits per heavy atom. The molecule has 5 nitrogen and oxygen atoms in total. The Balaban J connectivity index is 1.66. The molecule has 2 N–H and O–H groups in total. The standard InChI is InChI=1S/C18H19F5N4O/c19-12-2-3-14(20)11(6-12)7-13(24)8-17(28)26-4-1-5-27-15(18(21,22)23)9-25-16(27)10-26/h2-3,6,9,13H,1,4-5,7-8,10,24H2/t13-/m1/s1. The van der Waals surface area contributed by atoms with Gasteiger partial charge in [0.1, 0.15) is 23.2 Å². The number of amides is 1. The van der Waals surface area contributed by atoms with Gasteiger partial charge in [-0.25, -0.2) is 13.8 Å². The number of hydrogen-bond donors (Lipinski definition) is 1. The number of imidazole rings is 1. The van der Waals surface area contributed by atoms with E-state index in [-0.39, 0.29) is 49.8 Å². The van der Waals surface area contributed by atoms with Crippen LogP contribution in [0.1, 0.15) is 29.9 Å². The lowest BCUT2D eigenvalue weighted by molar-refractivity contribution is -0.143. The number of halogens is 5. The third kappa shape index (κ3) is 4.49. The second-order valence-corrected chi connectivity index (χ2v) is 6.78. The number of hydrogen-bond acceptors (Lipinski definition) is 3. The van der Waals surface area contributed by atoms with Crippen molar-refractivity contribution in [1.29, 1.82) is 0 Å². The molecule has 0 unspecified atom stereocenters. The molecule has 10 heteroatoms. The Morgan fingerprint density at radius 2 is 2.00 bits per heavy atom. The number of aromatic nitrogens is 2. The molecule has 28 heavy (non-hydrogen) atoms. The van der Waals surface area contributed by atoms with Crippen LogP contribution in [0.2, 0.25) is 0 Å². The first-order chi connectivity index (χ1) is 13.1. The van der Waals surface area contributed by atoms with Gasteiger partial charge in [-0.15, -0.1) is 0 Å². The van der Waals surface area contributed by atoms with E-state index in [2.05, 4.69) is 4.98 Å². The molecule has 0 aliphatic carbocycles. The summed E-state index contributed by atoms with van der Waals surface area (Å²) < 4.78 is 67.1. The molecular formula is C18H19F5N4O. The van der Waals surface area contributed by atoms with Gasteiger partial charge in [-0.05, 0) is 36.6 Å². The zero-order valence-corrected chi connectivity index (χ0v) is 14.8. The number of fused-ring (bicyclic) bond motifs is 1. The lowest BCUT2D eigenvalue weighted by Gasteiger charge is -2.22. The molecule has 1 aliphatic heterocycles. The number of carbonyl (C=O) groups excluding carboxylic acids is 1. The van der Waals surface area contributed by atoms with Gasteiger partial charge in [0.2, 0.25) is 5.91 Å². The maximum absolute atomic E-state index is 13.7. The van der Waals surface area contributed by atoms with Crippen LogP contribution in [0.25, 0.3) is 0 Å². The second kappa shape index (κ2) is 7.86. The number of rotatable bonds is 4. The van der Waals surface area contributed by atoms with Crippen molar-refractivity contribution in [3.63, 3.8) is 0 Å². The molecule has 0 fully saturated rings. The van der Waals surface area contributed by atoms with Gasteiger partial charge >= 0.3 is 6.18 Å². The Morgan fingerprint density at radius 1 is 1.25 bits per heavy atom. The number of nitrogens with zero attached hydrogens (tertiary/aromatic N) is 3. The highest BCUT2D eigenvalue weighted by atomic mass is 19.4. The lowest BCUT2D eigenvalue weighted by Crippen LogP contribution is -2.36. The van der Waals surface area contributed by atoms with Crippen LogP contribution in [-0.4, -0.2) is 32.9 Å². The number of benzene rings is 1. The van der Waals surface area contributed by atoms with Crippen molar-refractivity contribution in [3.8, 4) is 0 Å². The summed E-state index contributed by atoms with van der Waals surface area (Å²) in [6, 6.07) is 2.26. The van der Waals surface area contributed by atoms with Gasteiger partial charge in [0.25, 0.3) is 0 Å². The van der Waals surface area contributed by atoms with Crippen LogP contribution in [0.5, 0.6) is 0 Å². The molecule has 3 rings (SSSR count). The summed E-state index contributed by atoms with van der Waals surface area (Å²) in [5, 5.41) is 0. The highest BCUT2D eigenvalue weighted by molar-refractivity contribution is 5.76. The maximum Gasteiger partial charge on any atom is 0.433 e. The van der Waals surface area contributed by atoms with E-state index in [0.717, 1.165) is 29.0 Å². The Hall–Kier alpha value is -2.49. The first kappa shape index (κ1) is 20.2. The normalized spacial score (nSPS) is 15.9. The highest BCUT2D eigenvalue weighted by Gasteiger charge is 2.37. The lowest BCUT2D eigenvalue weighted by atomic mass is 10.0. The smallest absolute Gasteiger partial charge is 0.335 e. The fourth-order valence-corrected chi connectivity index (χ4v) is 3.31. The first-order valence-electron chi connectivity index (χ1n) is 8.74. The van der Waals surface area contributed by atoms with Gasteiger partial charge in [0.15, 0.2) is 0 Å². The van der Waals surface area contributed by atoms with Gasteiger partial charge in [-0.1, -0.05) is 0 Å². The molecule has 1 atom stereocenters. The summed E-state index contributed by atoms with van der Waals surface area (Å²) in [7, 11) is 0. The van der Waals surface area contributed by atoms with E-state index >= 15 is 0 Å². The predicted octanol–water partition coefficient (Wildman–Crippen LogP) is 2.87. The molecule has 2 heterocycles. The van der Waals surface area contributed by atoms with Gasteiger partial charge in [-0.3, -0.25) is 4.79 Å². The average molecular weight is 402 g/mol. The van der Waals surface area contributed by atoms with E-state index in [1.807, 2.05) is 0 Å². The molecule has 1 aromatic carbocycles. The fraction of sp³-hybridized carbons (Fsp3) is 0.444. The third-order valence-electron chi connectivity index (χ3n) is 4.65. The first-order valence-corrected chi connectivity index (χ1v) is 8.74. The maximum atomic E-state index is 13.7. The molecule has 0 saturated carbocycles. The molecular weight excluding hydrogens is 383 g/mol. The van der Waals surface area contributed by atoms with Crippen LogP contribution in [0, 0.1) is 11.6 Å². The fourth-order valence-electron chi connectivity index (χ4n) is 3.31. The van der Waals surface area contributed by atoms with Crippen molar-refractivity contribution in [1.82, 2.24) is 14.5 Å². The quantitative estimate of drug-likeness (QED) is 0.800. The number of alkyl halides is 3. The van der Waals surface area contributed by atoms with Crippen LogP contribution in [0.4, 0.5) is 22.0 Å². The number of nitrogens with two attached hydrogens (primary N) is 1.